The molecule has 2 aliphatic heterocycles. The first kappa shape index (κ1) is 6.64. The average molecular weight is 154 g/mol. The Hall–Kier alpha value is -1.06. The van der Waals surface area contributed by atoms with Crippen LogP contribution in [0.1, 0.15) is 25.7 Å². The molecule has 2 aliphatic rings. The lowest BCUT2D eigenvalue weighted by atomic mass is 10.1. The molecule has 2 heterocycles. The molecule has 2 rings (SSSR count). The molecule has 0 unspecified atom stereocenters. The van der Waals surface area contributed by atoms with E-state index < -0.39 is 0 Å². The van der Waals surface area contributed by atoms with Crippen molar-refractivity contribution in [1.29, 1.82) is 0 Å². The second-order valence-electron chi connectivity index (χ2n) is 3.18. The maximum Gasteiger partial charge on any atom is 0.221 e. The highest BCUT2D eigenvalue weighted by atomic mass is 16.2. The molecule has 2 saturated heterocycles. The molecule has 2 fully saturated rings. The zero-order valence-corrected chi connectivity index (χ0v) is 6.14. The van der Waals surface area contributed by atoms with Gasteiger partial charge in [-0.05, 0) is 12.8 Å². The Kier molecular flexibility index (Phi) is 1.19. The van der Waals surface area contributed by atoms with Gasteiger partial charge in [-0.2, -0.15) is 0 Å². The van der Waals surface area contributed by atoms with E-state index in [2.05, 4.69) is 10.6 Å². The predicted octanol–water partition coefficient (Wildman–Crippen LogP) is -0.497. The van der Waals surface area contributed by atoms with Crippen LogP contribution in [-0.4, -0.2) is 17.5 Å². The second-order valence-corrected chi connectivity index (χ2v) is 3.18. The lowest BCUT2D eigenvalue weighted by Crippen LogP contribution is -2.50. The van der Waals surface area contributed by atoms with E-state index in [4.69, 9.17) is 0 Å². The summed E-state index contributed by atoms with van der Waals surface area (Å²) in [6.07, 6.45) is 2.58. The van der Waals surface area contributed by atoms with Crippen molar-refractivity contribution >= 4 is 11.8 Å². The first-order chi connectivity index (χ1) is 5.20. The van der Waals surface area contributed by atoms with Crippen LogP contribution < -0.4 is 10.6 Å². The number of rotatable bonds is 0. The Labute approximate surface area is 64.3 Å². The molecule has 0 aromatic heterocycles. The SMILES string of the molecule is O=C1CCC2(CCC(=O)N2)N1. The van der Waals surface area contributed by atoms with Crippen LogP contribution in [0.15, 0.2) is 0 Å². The van der Waals surface area contributed by atoms with Gasteiger partial charge in [0.25, 0.3) is 0 Å². The van der Waals surface area contributed by atoms with Crippen molar-refractivity contribution in [3.05, 3.63) is 0 Å². The van der Waals surface area contributed by atoms with Gasteiger partial charge in [0.05, 0.1) is 0 Å². The standard InChI is InChI=1S/C7H10N2O2/c10-5-1-3-7(8-5)4-2-6(11)9-7/h1-4H2,(H,8,10)(H,9,11). The average Bonchev–Trinajstić information content (AvgIpc) is 2.44. The van der Waals surface area contributed by atoms with Crippen LogP contribution in [0.4, 0.5) is 0 Å². The van der Waals surface area contributed by atoms with Gasteiger partial charge in [-0.3, -0.25) is 9.59 Å². The van der Waals surface area contributed by atoms with Crippen molar-refractivity contribution in [3.8, 4) is 0 Å². The zero-order chi connectivity index (χ0) is 7.90. The van der Waals surface area contributed by atoms with Crippen molar-refractivity contribution in [3.63, 3.8) is 0 Å². The van der Waals surface area contributed by atoms with E-state index >= 15 is 0 Å². The van der Waals surface area contributed by atoms with Gasteiger partial charge in [0.15, 0.2) is 0 Å². The third-order valence-corrected chi connectivity index (χ3v) is 2.32. The molecule has 0 atom stereocenters. The van der Waals surface area contributed by atoms with E-state index in [1.807, 2.05) is 0 Å². The van der Waals surface area contributed by atoms with Gasteiger partial charge < -0.3 is 10.6 Å². The summed E-state index contributed by atoms with van der Waals surface area (Å²) in [6, 6.07) is 0. The van der Waals surface area contributed by atoms with Gasteiger partial charge in [0, 0.05) is 12.8 Å². The number of carbonyl (C=O) groups excluding carboxylic acids is 2. The molecule has 0 aromatic carbocycles. The summed E-state index contributed by atoms with van der Waals surface area (Å²) in [5.41, 5.74) is -0.367. The van der Waals surface area contributed by atoms with Crippen LogP contribution in [0.5, 0.6) is 0 Å². The van der Waals surface area contributed by atoms with E-state index in [1.165, 1.54) is 0 Å². The number of hydrogen-bond acceptors (Lipinski definition) is 2. The van der Waals surface area contributed by atoms with Crippen LogP contribution in [0.2, 0.25) is 0 Å². The largest absolute Gasteiger partial charge is 0.333 e. The van der Waals surface area contributed by atoms with Gasteiger partial charge in [0.2, 0.25) is 11.8 Å². The number of amides is 2. The van der Waals surface area contributed by atoms with Crippen LogP contribution >= 0.6 is 0 Å². The maximum atomic E-state index is 10.8. The molecular formula is C7H10N2O2. The van der Waals surface area contributed by atoms with Gasteiger partial charge in [-0.25, -0.2) is 0 Å². The van der Waals surface area contributed by atoms with Crippen molar-refractivity contribution in [2.24, 2.45) is 0 Å². The van der Waals surface area contributed by atoms with Crippen molar-refractivity contribution in [2.75, 3.05) is 0 Å². The molecule has 0 bridgehead atoms. The van der Waals surface area contributed by atoms with Crippen LogP contribution in [0.3, 0.4) is 0 Å². The predicted molar refractivity (Wildman–Crippen MR) is 37.5 cm³/mol. The molecule has 60 valence electrons. The summed E-state index contributed by atoms with van der Waals surface area (Å²) in [5.74, 6) is 0.0967. The quantitative estimate of drug-likeness (QED) is 0.494. The maximum absolute atomic E-state index is 10.8. The van der Waals surface area contributed by atoms with Crippen molar-refractivity contribution in [1.82, 2.24) is 10.6 Å². The van der Waals surface area contributed by atoms with E-state index in [9.17, 15) is 9.59 Å². The molecule has 2 N–H and O–H groups in total. The Bertz CT molecular complexity index is 200. The summed E-state index contributed by atoms with van der Waals surface area (Å²) in [6.45, 7) is 0. The molecule has 4 heteroatoms. The van der Waals surface area contributed by atoms with E-state index in [1.54, 1.807) is 0 Å². The fourth-order valence-corrected chi connectivity index (χ4v) is 1.72. The van der Waals surface area contributed by atoms with E-state index in [-0.39, 0.29) is 17.5 Å². The second kappa shape index (κ2) is 1.96. The molecular weight excluding hydrogens is 144 g/mol. The summed E-state index contributed by atoms with van der Waals surface area (Å²) < 4.78 is 0. The van der Waals surface area contributed by atoms with Gasteiger partial charge in [0.1, 0.15) is 5.66 Å². The van der Waals surface area contributed by atoms with E-state index in [0.29, 0.717) is 12.8 Å². The normalized spacial score (nSPS) is 27.3. The first-order valence-corrected chi connectivity index (χ1v) is 3.82. The van der Waals surface area contributed by atoms with Crippen molar-refractivity contribution < 1.29 is 9.59 Å². The Morgan fingerprint density at radius 3 is 1.73 bits per heavy atom. The summed E-state index contributed by atoms with van der Waals surface area (Å²) in [4.78, 5) is 21.7. The lowest BCUT2D eigenvalue weighted by molar-refractivity contribution is -0.120. The highest BCUT2D eigenvalue weighted by Gasteiger charge is 2.42. The Morgan fingerprint density at radius 2 is 1.45 bits per heavy atom. The van der Waals surface area contributed by atoms with Gasteiger partial charge in [-0.15, -0.1) is 0 Å². The highest BCUT2D eigenvalue weighted by Crippen LogP contribution is 2.26. The van der Waals surface area contributed by atoms with Crippen LogP contribution in [0.25, 0.3) is 0 Å². The van der Waals surface area contributed by atoms with Crippen LogP contribution in [-0.2, 0) is 9.59 Å². The molecule has 0 aromatic rings. The Balaban J connectivity index is 2.13. The summed E-state index contributed by atoms with van der Waals surface area (Å²) >= 11 is 0. The molecule has 11 heavy (non-hydrogen) atoms. The molecule has 0 aliphatic carbocycles. The highest BCUT2D eigenvalue weighted by molar-refractivity contribution is 5.84. The lowest BCUT2D eigenvalue weighted by Gasteiger charge is -2.22. The van der Waals surface area contributed by atoms with Gasteiger partial charge >= 0.3 is 0 Å². The topological polar surface area (TPSA) is 58.2 Å². The minimum absolute atomic E-state index is 0.0483. The molecule has 2 amide bonds. The number of carbonyl (C=O) groups is 2. The monoisotopic (exact) mass is 154 g/mol. The molecule has 4 nitrogen and oxygen atoms in total. The summed E-state index contributed by atoms with van der Waals surface area (Å²) in [7, 11) is 0. The molecule has 1 spiro atoms. The minimum atomic E-state index is -0.367. The third-order valence-electron chi connectivity index (χ3n) is 2.32. The Morgan fingerprint density at radius 1 is 1.00 bits per heavy atom. The summed E-state index contributed by atoms with van der Waals surface area (Å²) in [5, 5.41) is 5.58. The molecule has 0 radical (unpaired) electrons. The van der Waals surface area contributed by atoms with Gasteiger partial charge in [-0.1, -0.05) is 0 Å². The van der Waals surface area contributed by atoms with Crippen LogP contribution in [0, 0.1) is 0 Å². The third kappa shape index (κ3) is 0.982. The minimum Gasteiger partial charge on any atom is -0.333 e. The fourth-order valence-electron chi connectivity index (χ4n) is 1.72. The number of nitrogens with one attached hydrogen (secondary N) is 2. The van der Waals surface area contributed by atoms with Crippen molar-refractivity contribution in [2.45, 2.75) is 31.3 Å². The smallest absolute Gasteiger partial charge is 0.221 e. The van der Waals surface area contributed by atoms with E-state index in [0.717, 1.165) is 12.8 Å². The fraction of sp³-hybridized carbons (Fsp3) is 0.714. The molecule has 0 saturated carbocycles. The first-order valence-electron chi connectivity index (χ1n) is 3.82. The zero-order valence-electron chi connectivity index (χ0n) is 6.14. The number of hydrogen-bond donors (Lipinski definition) is 2.